The van der Waals surface area contributed by atoms with Gasteiger partial charge in [-0.05, 0) is 69.7 Å². The summed E-state index contributed by atoms with van der Waals surface area (Å²) in [4.78, 5) is 7.44. The van der Waals surface area contributed by atoms with Crippen LogP contribution in [0.25, 0.3) is 0 Å². The zero-order valence-electron chi connectivity index (χ0n) is 16.8. The van der Waals surface area contributed by atoms with Crippen molar-refractivity contribution in [2.45, 2.75) is 77.1 Å². The molecule has 2 aliphatic rings. The van der Waals surface area contributed by atoms with Crippen LogP contribution in [0, 0.1) is 0 Å². The maximum Gasteiger partial charge on any atom is 0.191 e. The summed E-state index contributed by atoms with van der Waals surface area (Å²) in [6.07, 6.45) is 7.69. The van der Waals surface area contributed by atoms with E-state index in [1.807, 2.05) is 0 Å². The third-order valence-electron chi connectivity index (χ3n) is 5.75. The molecule has 0 aromatic heterocycles. The Morgan fingerprint density at radius 3 is 2.48 bits per heavy atom. The third kappa shape index (κ3) is 6.51. The second-order valence-corrected chi connectivity index (χ2v) is 7.95. The lowest BCUT2D eigenvalue weighted by molar-refractivity contribution is 0.120. The van der Waals surface area contributed by atoms with E-state index < -0.39 is 0 Å². The molecule has 5 heteroatoms. The maximum absolute atomic E-state index is 9.70. The Kier molecular flexibility index (Phi) is 7.96. The fourth-order valence-electron chi connectivity index (χ4n) is 4.12. The zero-order valence-corrected chi connectivity index (χ0v) is 16.8. The van der Waals surface area contributed by atoms with Gasteiger partial charge in [0.15, 0.2) is 5.96 Å². The topological polar surface area (TPSA) is 59.9 Å². The summed E-state index contributed by atoms with van der Waals surface area (Å²) >= 11 is 0. The number of hydrogen-bond donors (Lipinski definition) is 3. The van der Waals surface area contributed by atoms with Crippen molar-refractivity contribution in [1.29, 1.82) is 0 Å². The molecule has 1 heterocycles. The van der Waals surface area contributed by atoms with Crippen LogP contribution in [0.5, 0.6) is 0 Å². The predicted octanol–water partition coefficient (Wildman–Crippen LogP) is 3.03. The molecule has 0 radical (unpaired) electrons. The molecule has 2 fully saturated rings. The molecule has 5 nitrogen and oxygen atoms in total. The lowest BCUT2D eigenvalue weighted by atomic mass is 9.93. The molecule has 0 unspecified atom stereocenters. The van der Waals surface area contributed by atoms with Gasteiger partial charge in [0, 0.05) is 19.1 Å². The summed E-state index contributed by atoms with van der Waals surface area (Å²) in [5, 5.41) is 16.6. The summed E-state index contributed by atoms with van der Waals surface area (Å²) < 4.78 is 0. The highest BCUT2D eigenvalue weighted by Crippen LogP contribution is 2.19. The van der Waals surface area contributed by atoms with E-state index >= 15 is 0 Å². The molecule has 1 aliphatic carbocycles. The normalized spacial score (nSPS) is 24.6. The van der Waals surface area contributed by atoms with Crippen molar-refractivity contribution in [2.75, 3.05) is 19.6 Å². The van der Waals surface area contributed by atoms with Crippen molar-refractivity contribution in [3.05, 3.63) is 35.4 Å². The predicted molar refractivity (Wildman–Crippen MR) is 112 cm³/mol. The molecule has 0 spiro atoms. The van der Waals surface area contributed by atoms with E-state index in [0.29, 0.717) is 12.6 Å². The van der Waals surface area contributed by atoms with Crippen molar-refractivity contribution >= 4 is 5.96 Å². The highest BCUT2D eigenvalue weighted by Gasteiger charge is 2.20. The van der Waals surface area contributed by atoms with Gasteiger partial charge < -0.3 is 15.7 Å². The van der Waals surface area contributed by atoms with Crippen LogP contribution in [-0.4, -0.2) is 47.7 Å². The molecule has 0 bridgehead atoms. The first-order valence-corrected chi connectivity index (χ1v) is 10.8. The molecule has 1 saturated heterocycles. The van der Waals surface area contributed by atoms with E-state index in [-0.39, 0.29) is 6.10 Å². The standard InChI is InChI=1S/C22H36N4O/c1-2-23-22(25-20-10-12-21(27)13-11-20)24-16-18-8-4-5-9-19(18)17-26-14-6-3-7-15-26/h4-5,8-9,20-21,27H,2-3,6-7,10-17H2,1H3,(H2,23,24,25). The number of piperidine rings is 1. The molecule has 3 rings (SSSR count). The van der Waals surface area contributed by atoms with Gasteiger partial charge in [0.05, 0.1) is 12.6 Å². The Bertz CT molecular complexity index is 590. The first-order chi connectivity index (χ1) is 13.2. The van der Waals surface area contributed by atoms with E-state index in [1.54, 1.807) is 0 Å². The van der Waals surface area contributed by atoms with Gasteiger partial charge in [-0.15, -0.1) is 0 Å². The number of aliphatic imine (C=N–C) groups is 1. The molecular formula is C22H36N4O. The fourth-order valence-corrected chi connectivity index (χ4v) is 4.12. The second kappa shape index (κ2) is 10.7. The Morgan fingerprint density at radius 2 is 1.78 bits per heavy atom. The largest absolute Gasteiger partial charge is 0.393 e. The number of guanidine groups is 1. The molecule has 0 atom stereocenters. The maximum atomic E-state index is 9.70. The van der Waals surface area contributed by atoms with Crippen molar-refractivity contribution in [3.8, 4) is 0 Å². The SMILES string of the molecule is CCNC(=NCc1ccccc1CN1CCCCC1)NC1CCC(O)CC1. The first-order valence-electron chi connectivity index (χ1n) is 10.8. The van der Waals surface area contributed by atoms with E-state index in [0.717, 1.165) is 44.7 Å². The molecular weight excluding hydrogens is 336 g/mol. The molecule has 27 heavy (non-hydrogen) atoms. The van der Waals surface area contributed by atoms with Crippen LogP contribution in [0.1, 0.15) is 63.0 Å². The summed E-state index contributed by atoms with van der Waals surface area (Å²) in [5.74, 6) is 0.895. The summed E-state index contributed by atoms with van der Waals surface area (Å²) in [5.41, 5.74) is 2.72. The van der Waals surface area contributed by atoms with Crippen LogP contribution in [0.3, 0.4) is 0 Å². The lowest BCUT2D eigenvalue weighted by Crippen LogP contribution is -2.45. The third-order valence-corrected chi connectivity index (χ3v) is 5.75. The zero-order chi connectivity index (χ0) is 18.9. The van der Waals surface area contributed by atoms with Gasteiger partial charge in [-0.2, -0.15) is 0 Å². The average molecular weight is 373 g/mol. The summed E-state index contributed by atoms with van der Waals surface area (Å²) in [6, 6.07) is 9.14. The highest BCUT2D eigenvalue weighted by molar-refractivity contribution is 5.80. The molecule has 1 aliphatic heterocycles. The second-order valence-electron chi connectivity index (χ2n) is 7.95. The van der Waals surface area contributed by atoms with E-state index in [2.05, 4.69) is 46.7 Å². The van der Waals surface area contributed by atoms with Crippen LogP contribution >= 0.6 is 0 Å². The van der Waals surface area contributed by atoms with E-state index in [1.165, 1.54) is 43.5 Å². The average Bonchev–Trinajstić information content (AvgIpc) is 2.70. The van der Waals surface area contributed by atoms with Crippen molar-refractivity contribution in [1.82, 2.24) is 15.5 Å². The quantitative estimate of drug-likeness (QED) is 0.531. The molecule has 1 saturated carbocycles. The van der Waals surface area contributed by atoms with Crippen LogP contribution in [-0.2, 0) is 13.1 Å². The Balaban J connectivity index is 1.61. The molecule has 0 amide bonds. The molecule has 3 N–H and O–H groups in total. The van der Waals surface area contributed by atoms with Gasteiger partial charge in [-0.25, -0.2) is 4.99 Å². The minimum atomic E-state index is -0.121. The Hall–Kier alpha value is -1.59. The van der Waals surface area contributed by atoms with Gasteiger partial charge in [-0.1, -0.05) is 30.7 Å². The number of aliphatic hydroxyl groups is 1. The van der Waals surface area contributed by atoms with Crippen LogP contribution < -0.4 is 10.6 Å². The molecule has 1 aromatic carbocycles. The van der Waals surface area contributed by atoms with Crippen molar-refractivity contribution in [3.63, 3.8) is 0 Å². The minimum absolute atomic E-state index is 0.121. The van der Waals surface area contributed by atoms with Crippen LogP contribution in [0.4, 0.5) is 0 Å². The molecule has 150 valence electrons. The summed E-state index contributed by atoms with van der Waals surface area (Å²) in [7, 11) is 0. The smallest absolute Gasteiger partial charge is 0.191 e. The van der Waals surface area contributed by atoms with E-state index in [4.69, 9.17) is 4.99 Å². The number of benzene rings is 1. The van der Waals surface area contributed by atoms with Crippen LogP contribution in [0.15, 0.2) is 29.3 Å². The number of nitrogens with zero attached hydrogens (tertiary/aromatic N) is 2. The van der Waals surface area contributed by atoms with Crippen LogP contribution in [0.2, 0.25) is 0 Å². The van der Waals surface area contributed by atoms with Crippen molar-refractivity contribution in [2.24, 2.45) is 4.99 Å². The van der Waals surface area contributed by atoms with Gasteiger partial charge in [-0.3, -0.25) is 4.90 Å². The Labute approximate surface area is 164 Å². The summed E-state index contributed by atoms with van der Waals surface area (Å²) in [6.45, 7) is 7.14. The number of nitrogens with one attached hydrogen (secondary N) is 2. The fraction of sp³-hybridized carbons (Fsp3) is 0.682. The number of aliphatic hydroxyl groups excluding tert-OH is 1. The van der Waals surface area contributed by atoms with E-state index in [9.17, 15) is 5.11 Å². The Morgan fingerprint density at radius 1 is 1.07 bits per heavy atom. The number of rotatable bonds is 6. The van der Waals surface area contributed by atoms with Gasteiger partial charge in [0.1, 0.15) is 0 Å². The van der Waals surface area contributed by atoms with Gasteiger partial charge in [0.2, 0.25) is 0 Å². The van der Waals surface area contributed by atoms with Gasteiger partial charge >= 0.3 is 0 Å². The minimum Gasteiger partial charge on any atom is -0.393 e. The highest BCUT2D eigenvalue weighted by atomic mass is 16.3. The first kappa shape index (κ1) is 20.2. The monoisotopic (exact) mass is 372 g/mol. The van der Waals surface area contributed by atoms with Gasteiger partial charge in [0.25, 0.3) is 0 Å². The number of hydrogen-bond acceptors (Lipinski definition) is 3. The van der Waals surface area contributed by atoms with Crippen molar-refractivity contribution < 1.29 is 5.11 Å². The lowest BCUT2D eigenvalue weighted by Gasteiger charge is -2.28. The number of likely N-dealkylation sites (tertiary alicyclic amines) is 1. The molecule has 1 aromatic rings.